The molecule has 6 nitrogen and oxygen atoms in total. The molecule has 1 saturated carbocycles. The first kappa shape index (κ1) is 20.1. The van der Waals surface area contributed by atoms with Gasteiger partial charge in [0.05, 0.1) is 5.92 Å². The van der Waals surface area contributed by atoms with E-state index in [1.165, 1.54) is 70.1 Å². The zero-order valence-electron chi connectivity index (χ0n) is 18.2. The fourth-order valence-electron chi connectivity index (χ4n) is 5.89. The number of nitrogens with zero attached hydrogens (tertiary/aromatic N) is 5. The van der Waals surface area contributed by atoms with Crippen molar-refractivity contribution < 1.29 is 4.52 Å². The number of hydrogen-bond acceptors (Lipinski definition) is 6. The zero-order valence-corrected chi connectivity index (χ0v) is 18.2. The molecule has 0 bridgehead atoms. The molecule has 5 rings (SSSR count). The van der Waals surface area contributed by atoms with Crippen LogP contribution in [0.4, 0.5) is 0 Å². The molecular formula is C24H35N5O. The van der Waals surface area contributed by atoms with Gasteiger partial charge >= 0.3 is 0 Å². The van der Waals surface area contributed by atoms with Gasteiger partial charge in [0.15, 0.2) is 5.82 Å². The molecule has 2 aromatic rings. The highest BCUT2D eigenvalue weighted by atomic mass is 16.5. The summed E-state index contributed by atoms with van der Waals surface area (Å²) in [5.41, 5.74) is 1.30. The van der Waals surface area contributed by atoms with Crippen molar-refractivity contribution in [3.05, 3.63) is 41.8 Å². The highest BCUT2D eigenvalue weighted by Gasteiger charge is 2.41. The average Bonchev–Trinajstić information content (AvgIpc) is 3.55. The van der Waals surface area contributed by atoms with E-state index in [9.17, 15) is 0 Å². The third-order valence-corrected chi connectivity index (χ3v) is 7.57. The fraction of sp³-hybridized carbons (Fsp3) is 0.708. The topological polar surface area (TPSA) is 58.3 Å². The van der Waals surface area contributed by atoms with E-state index in [1.54, 1.807) is 0 Å². The van der Waals surface area contributed by atoms with Gasteiger partial charge in [-0.05, 0) is 63.4 Å². The van der Waals surface area contributed by atoms with Crippen molar-refractivity contribution in [1.82, 2.24) is 24.9 Å². The van der Waals surface area contributed by atoms with Crippen molar-refractivity contribution in [3.8, 4) is 0 Å². The van der Waals surface area contributed by atoms with Crippen LogP contribution in [0.3, 0.4) is 0 Å². The molecule has 2 saturated heterocycles. The molecule has 2 aliphatic heterocycles. The van der Waals surface area contributed by atoms with Gasteiger partial charge in [-0.15, -0.1) is 0 Å². The summed E-state index contributed by atoms with van der Waals surface area (Å²) in [7, 11) is 0. The van der Waals surface area contributed by atoms with Gasteiger partial charge in [-0.1, -0.05) is 31.0 Å². The molecule has 0 unspecified atom stereocenters. The van der Waals surface area contributed by atoms with Crippen molar-refractivity contribution >= 4 is 0 Å². The van der Waals surface area contributed by atoms with E-state index < -0.39 is 0 Å². The van der Waals surface area contributed by atoms with Crippen LogP contribution in [0.25, 0.3) is 0 Å². The van der Waals surface area contributed by atoms with Crippen LogP contribution in [0, 0.1) is 0 Å². The highest BCUT2D eigenvalue weighted by molar-refractivity contribution is 5.23. The summed E-state index contributed by atoms with van der Waals surface area (Å²) in [6, 6.07) is 4.93. The third kappa shape index (κ3) is 4.17. The van der Waals surface area contributed by atoms with E-state index in [0.29, 0.717) is 17.9 Å². The number of rotatable bonds is 6. The summed E-state index contributed by atoms with van der Waals surface area (Å²) in [6.45, 7) is 8.05. The normalized spacial score (nSPS) is 27.2. The molecule has 0 amide bonds. The predicted octanol–water partition coefficient (Wildman–Crippen LogP) is 4.18. The minimum atomic E-state index is 0.269. The monoisotopic (exact) mass is 409 g/mol. The van der Waals surface area contributed by atoms with Gasteiger partial charge in [0.25, 0.3) is 0 Å². The lowest BCUT2D eigenvalue weighted by Gasteiger charge is -2.36. The molecule has 0 aromatic carbocycles. The first-order chi connectivity index (χ1) is 14.8. The van der Waals surface area contributed by atoms with Gasteiger partial charge in [0, 0.05) is 43.4 Å². The minimum Gasteiger partial charge on any atom is -0.339 e. The summed E-state index contributed by atoms with van der Waals surface area (Å²) >= 11 is 0. The Morgan fingerprint density at radius 2 is 1.87 bits per heavy atom. The van der Waals surface area contributed by atoms with Crippen molar-refractivity contribution in [1.29, 1.82) is 0 Å². The largest absolute Gasteiger partial charge is 0.339 e. The average molecular weight is 410 g/mol. The Labute approximate surface area is 180 Å². The van der Waals surface area contributed by atoms with Crippen molar-refractivity contribution in [3.63, 3.8) is 0 Å². The van der Waals surface area contributed by atoms with Crippen molar-refractivity contribution in [2.24, 2.45) is 0 Å². The van der Waals surface area contributed by atoms with E-state index in [0.717, 1.165) is 24.8 Å². The second-order valence-corrected chi connectivity index (χ2v) is 9.50. The number of piperidine rings is 1. The van der Waals surface area contributed by atoms with Crippen LogP contribution in [0.15, 0.2) is 29.0 Å². The third-order valence-electron chi connectivity index (χ3n) is 7.57. The van der Waals surface area contributed by atoms with Crippen molar-refractivity contribution in [2.45, 2.75) is 75.7 Å². The highest BCUT2D eigenvalue weighted by Crippen LogP contribution is 2.41. The molecule has 0 radical (unpaired) electrons. The van der Waals surface area contributed by atoms with E-state index in [-0.39, 0.29) is 5.92 Å². The fourth-order valence-corrected chi connectivity index (χ4v) is 5.89. The molecule has 6 heteroatoms. The maximum absolute atomic E-state index is 5.88. The molecule has 0 N–H and O–H groups in total. The van der Waals surface area contributed by atoms with Gasteiger partial charge in [-0.3, -0.25) is 9.88 Å². The van der Waals surface area contributed by atoms with Crippen LogP contribution in [-0.4, -0.2) is 63.7 Å². The van der Waals surface area contributed by atoms with Gasteiger partial charge in [0.2, 0.25) is 5.89 Å². The lowest BCUT2D eigenvalue weighted by molar-refractivity contribution is 0.124. The molecule has 1 aliphatic carbocycles. The molecule has 0 spiro atoms. The zero-order chi connectivity index (χ0) is 20.3. The van der Waals surface area contributed by atoms with E-state index in [2.05, 4.69) is 39.0 Å². The van der Waals surface area contributed by atoms with Crippen LogP contribution in [0.2, 0.25) is 0 Å². The first-order valence-corrected chi connectivity index (χ1v) is 12.0. The molecule has 30 heavy (non-hydrogen) atoms. The van der Waals surface area contributed by atoms with Gasteiger partial charge in [0.1, 0.15) is 0 Å². The Kier molecular flexibility index (Phi) is 6.14. The second kappa shape index (κ2) is 9.15. The maximum Gasteiger partial charge on any atom is 0.231 e. The molecule has 162 valence electrons. The SMILES string of the molecule is CCCN1CCC(N2C[C@@H](c3cccnc3)[C@H](c3nc(C4CCCC4)no3)C2)CC1. The molecular weight excluding hydrogens is 374 g/mol. The maximum atomic E-state index is 5.88. The molecule has 4 heterocycles. The quantitative estimate of drug-likeness (QED) is 0.713. The Morgan fingerprint density at radius 3 is 2.60 bits per heavy atom. The minimum absolute atomic E-state index is 0.269. The summed E-state index contributed by atoms with van der Waals surface area (Å²) in [5, 5.41) is 4.41. The number of hydrogen-bond donors (Lipinski definition) is 0. The summed E-state index contributed by atoms with van der Waals surface area (Å²) in [6.07, 6.45) is 12.7. The molecule has 3 aliphatic rings. The molecule has 2 atom stereocenters. The summed E-state index contributed by atoms with van der Waals surface area (Å²) < 4.78 is 5.88. The molecule has 2 aromatic heterocycles. The predicted molar refractivity (Wildman–Crippen MR) is 117 cm³/mol. The van der Waals surface area contributed by atoms with Crippen LogP contribution in [0.1, 0.15) is 86.9 Å². The Morgan fingerprint density at radius 1 is 1.07 bits per heavy atom. The van der Waals surface area contributed by atoms with Crippen LogP contribution in [-0.2, 0) is 0 Å². The smallest absolute Gasteiger partial charge is 0.231 e. The lowest BCUT2D eigenvalue weighted by atomic mass is 9.90. The second-order valence-electron chi connectivity index (χ2n) is 9.50. The Hall–Kier alpha value is -1.79. The van der Waals surface area contributed by atoms with Gasteiger partial charge in [-0.25, -0.2) is 0 Å². The van der Waals surface area contributed by atoms with Crippen LogP contribution in [0.5, 0.6) is 0 Å². The lowest BCUT2D eigenvalue weighted by Crippen LogP contribution is -2.44. The first-order valence-electron chi connectivity index (χ1n) is 12.0. The van der Waals surface area contributed by atoms with Gasteiger partial charge < -0.3 is 9.42 Å². The Bertz CT molecular complexity index is 795. The Balaban J connectivity index is 1.33. The van der Waals surface area contributed by atoms with Crippen LogP contribution < -0.4 is 0 Å². The number of aromatic nitrogens is 3. The van der Waals surface area contributed by atoms with E-state index >= 15 is 0 Å². The van der Waals surface area contributed by atoms with E-state index in [1.807, 2.05) is 12.4 Å². The summed E-state index contributed by atoms with van der Waals surface area (Å²) in [4.78, 5) is 14.7. The van der Waals surface area contributed by atoms with E-state index in [4.69, 9.17) is 9.51 Å². The standard InChI is InChI=1S/C24H35N5O/c1-2-12-28-13-9-20(10-14-28)29-16-21(19-8-5-11-25-15-19)22(17-29)24-26-23(27-30-24)18-6-3-4-7-18/h5,8,11,15,18,20-22H,2-4,6-7,9-10,12-14,16-17H2,1H3/t21-,22+/m0/s1. The summed E-state index contributed by atoms with van der Waals surface area (Å²) in [5.74, 6) is 2.94. The van der Waals surface area contributed by atoms with Gasteiger partial charge in [-0.2, -0.15) is 4.98 Å². The number of likely N-dealkylation sites (tertiary alicyclic amines) is 2. The number of pyridine rings is 1. The van der Waals surface area contributed by atoms with Crippen molar-refractivity contribution in [2.75, 3.05) is 32.7 Å². The molecule has 3 fully saturated rings. The van der Waals surface area contributed by atoms with Crippen LogP contribution >= 0.6 is 0 Å².